The number of carbonyl (C=O) groups excluding carboxylic acids is 1. The number of aromatic hydroxyl groups is 1. The molecule has 0 spiro atoms. The van der Waals surface area contributed by atoms with Crippen LogP contribution < -0.4 is 4.74 Å². The lowest BCUT2D eigenvalue weighted by Gasteiger charge is -2.17. The molecule has 22 heavy (non-hydrogen) atoms. The summed E-state index contributed by atoms with van der Waals surface area (Å²) in [5.74, 6) is 0.276. The Morgan fingerprint density at radius 3 is 2.18 bits per heavy atom. The predicted octanol–water partition coefficient (Wildman–Crippen LogP) is 4.69. The van der Waals surface area contributed by atoms with E-state index in [1.807, 2.05) is 12.1 Å². The number of benzene rings is 2. The molecular formula is C16H14Br2O4. The molecule has 1 N–H and O–H groups in total. The van der Waals surface area contributed by atoms with Crippen LogP contribution in [-0.4, -0.2) is 25.3 Å². The highest BCUT2D eigenvalue weighted by Gasteiger charge is 2.25. The molecule has 2 aromatic rings. The summed E-state index contributed by atoms with van der Waals surface area (Å²) >= 11 is 6.67. The van der Waals surface area contributed by atoms with Crippen molar-refractivity contribution in [3.63, 3.8) is 0 Å². The van der Waals surface area contributed by atoms with Crippen molar-refractivity contribution in [1.29, 1.82) is 0 Å². The summed E-state index contributed by atoms with van der Waals surface area (Å²) in [6, 6.07) is 7.21. The zero-order valence-corrected chi connectivity index (χ0v) is 15.4. The number of phenols is 1. The van der Waals surface area contributed by atoms with Gasteiger partial charge in [-0.05, 0) is 62.0 Å². The molecule has 0 unspecified atom stereocenters. The van der Waals surface area contributed by atoms with Crippen molar-refractivity contribution >= 4 is 37.8 Å². The van der Waals surface area contributed by atoms with Crippen LogP contribution in [0.1, 0.15) is 15.9 Å². The second-order valence-electron chi connectivity index (χ2n) is 4.57. The van der Waals surface area contributed by atoms with Crippen molar-refractivity contribution in [1.82, 2.24) is 0 Å². The molecule has 0 aromatic heterocycles. The predicted molar refractivity (Wildman–Crippen MR) is 91.6 cm³/mol. The topological polar surface area (TPSA) is 55.8 Å². The van der Waals surface area contributed by atoms with Crippen LogP contribution in [0, 0.1) is 6.92 Å². The molecular weight excluding hydrogens is 416 g/mol. The standard InChI is InChI=1S/C16H14Br2O4/c1-8-11(16(20)22-3)12(14(18)15(19)13(8)17)9-4-6-10(21-2)7-5-9/h4-7,19H,1-3H3. The number of hydrogen-bond donors (Lipinski definition) is 1. The number of halogens is 2. The molecule has 0 saturated heterocycles. The molecule has 4 nitrogen and oxygen atoms in total. The molecule has 0 atom stereocenters. The highest BCUT2D eigenvalue weighted by molar-refractivity contribution is 9.11. The maximum Gasteiger partial charge on any atom is 0.338 e. The van der Waals surface area contributed by atoms with E-state index in [9.17, 15) is 9.90 Å². The van der Waals surface area contributed by atoms with Gasteiger partial charge in [-0.1, -0.05) is 12.1 Å². The van der Waals surface area contributed by atoms with E-state index in [1.54, 1.807) is 26.2 Å². The van der Waals surface area contributed by atoms with Crippen molar-refractivity contribution in [2.24, 2.45) is 0 Å². The van der Waals surface area contributed by atoms with Gasteiger partial charge in [-0.3, -0.25) is 0 Å². The smallest absolute Gasteiger partial charge is 0.338 e. The number of ether oxygens (including phenoxy) is 2. The first-order valence-corrected chi connectivity index (χ1v) is 7.94. The Balaban J connectivity index is 2.79. The van der Waals surface area contributed by atoms with Crippen LogP contribution in [0.25, 0.3) is 11.1 Å². The number of carbonyl (C=O) groups is 1. The Hall–Kier alpha value is -1.53. The molecule has 6 heteroatoms. The first kappa shape index (κ1) is 16.8. The Kier molecular flexibility index (Phi) is 5.13. The maximum absolute atomic E-state index is 12.2. The Morgan fingerprint density at radius 1 is 1.09 bits per heavy atom. The van der Waals surface area contributed by atoms with E-state index in [4.69, 9.17) is 9.47 Å². The van der Waals surface area contributed by atoms with E-state index >= 15 is 0 Å². The molecule has 0 amide bonds. The third-order valence-corrected chi connectivity index (χ3v) is 5.10. The third kappa shape index (κ3) is 2.85. The second kappa shape index (κ2) is 6.71. The second-order valence-corrected chi connectivity index (χ2v) is 6.16. The van der Waals surface area contributed by atoms with E-state index in [1.165, 1.54) is 7.11 Å². The van der Waals surface area contributed by atoms with Crippen molar-refractivity contribution in [2.75, 3.05) is 14.2 Å². The minimum atomic E-state index is -0.468. The molecule has 0 saturated carbocycles. The highest BCUT2D eigenvalue weighted by atomic mass is 79.9. The van der Waals surface area contributed by atoms with Crippen LogP contribution in [0.5, 0.6) is 11.5 Å². The van der Waals surface area contributed by atoms with Gasteiger partial charge in [0.15, 0.2) is 0 Å². The van der Waals surface area contributed by atoms with Gasteiger partial charge in [0.25, 0.3) is 0 Å². The van der Waals surface area contributed by atoms with E-state index < -0.39 is 5.97 Å². The van der Waals surface area contributed by atoms with Gasteiger partial charge in [-0.25, -0.2) is 4.79 Å². The monoisotopic (exact) mass is 428 g/mol. The van der Waals surface area contributed by atoms with Crippen molar-refractivity contribution in [3.05, 3.63) is 44.3 Å². The number of hydrogen-bond acceptors (Lipinski definition) is 4. The average molecular weight is 430 g/mol. The van der Waals surface area contributed by atoms with Gasteiger partial charge in [0.05, 0.1) is 28.7 Å². The highest BCUT2D eigenvalue weighted by Crippen LogP contribution is 2.45. The van der Waals surface area contributed by atoms with Crippen LogP contribution in [0.2, 0.25) is 0 Å². The number of rotatable bonds is 3. The first-order valence-electron chi connectivity index (χ1n) is 6.35. The zero-order valence-electron chi connectivity index (χ0n) is 12.2. The van der Waals surface area contributed by atoms with Crippen molar-refractivity contribution in [3.8, 4) is 22.6 Å². The van der Waals surface area contributed by atoms with Gasteiger partial charge in [0, 0.05) is 5.56 Å². The van der Waals surface area contributed by atoms with E-state index in [0.717, 1.165) is 5.56 Å². The normalized spacial score (nSPS) is 10.4. The largest absolute Gasteiger partial charge is 0.506 e. The van der Waals surface area contributed by atoms with Gasteiger partial charge in [-0.15, -0.1) is 0 Å². The van der Waals surface area contributed by atoms with E-state index in [2.05, 4.69) is 31.9 Å². The average Bonchev–Trinajstić information content (AvgIpc) is 2.55. The summed E-state index contributed by atoms with van der Waals surface area (Å²) in [7, 11) is 2.91. The maximum atomic E-state index is 12.2. The minimum absolute atomic E-state index is 0.0379. The fourth-order valence-electron chi connectivity index (χ4n) is 2.19. The van der Waals surface area contributed by atoms with Gasteiger partial charge in [-0.2, -0.15) is 0 Å². The van der Waals surface area contributed by atoms with Gasteiger partial charge in [0.1, 0.15) is 11.5 Å². The summed E-state index contributed by atoms with van der Waals surface area (Å²) in [6.07, 6.45) is 0. The van der Waals surface area contributed by atoms with Crippen LogP contribution in [0.4, 0.5) is 0 Å². The molecule has 2 rings (SSSR count). The molecule has 0 aliphatic carbocycles. The lowest BCUT2D eigenvalue weighted by atomic mass is 9.95. The molecule has 0 aliphatic rings. The van der Waals surface area contributed by atoms with E-state index in [0.29, 0.717) is 31.4 Å². The van der Waals surface area contributed by atoms with Crippen LogP contribution in [-0.2, 0) is 4.74 Å². The SMILES string of the molecule is COC(=O)c1c(C)c(Br)c(O)c(Br)c1-c1ccc(OC)cc1. The lowest BCUT2D eigenvalue weighted by molar-refractivity contribution is 0.0600. The summed E-state index contributed by atoms with van der Waals surface area (Å²) < 4.78 is 10.9. The molecule has 0 heterocycles. The number of phenolic OH excluding ortho intramolecular Hbond substituents is 1. The lowest BCUT2D eigenvalue weighted by Crippen LogP contribution is -2.08. The first-order chi connectivity index (χ1) is 10.4. The number of methoxy groups -OCH3 is 2. The Bertz CT molecular complexity index is 724. The summed E-state index contributed by atoms with van der Waals surface area (Å²) in [6.45, 7) is 1.75. The van der Waals surface area contributed by atoms with Gasteiger partial charge in [0.2, 0.25) is 0 Å². The Labute approximate surface area is 145 Å². The fourth-order valence-corrected chi connectivity index (χ4v) is 3.47. The quantitative estimate of drug-likeness (QED) is 0.719. The van der Waals surface area contributed by atoms with Gasteiger partial charge < -0.3 is 14.6 Å². The fraction of sp³-hybridized carbons (Fsp3) is 0.188. The van der Waals surface area contributed by atoms with Gasteiger partial charge >= 0.3 is 5.97 Å². The molecule has 0 aliphatic heterocycles. The summed E-state index contributed by atoms with van der Waals surface area (Å²) in [5.41, 5.74) is 2.34. The molecule has 116 valence electrons. The summed E-state index contributed by atoms with van der Waals surface area (Å²) in [4.78, 5) is 12.2. The van der Waals surface area contributed by atoms with Crippen LogP contribution in [0.3, 0.4) is 0 Å². The summed E-state index contributed by atoms with van der Waals surface area (Å²) in [5, 5.41) is 10.2. The van der Waals surface area contributed by atoms with E-state index in [-0.39, 0.29) is 5.75 Å². The molecule has 0 fully saturated rings. The molecule has 2 aromatic carbocycles. The Morgan fingerprint density at radius 2 is 1.68 bits per heavy atom. The van der Waals surface area contributed by atoms with Crippen molar-refractivity contribution in [2.45, 2.75) is 6.92 Å². The minimum Gasteiger partial charge on any atom is -0.506 e. The number of esters is 1. The van der Waals surface area contributed by atoms with Crippen LogP contribution >= 0.6 is 31.9 Å². The molecule has 0 bridgehead atoms. The van der Waals surface area contributed by atoms with Crippen molar-refractivity contribution < 1.29 is 19.4 Å². The molecule has 0 radical (unpaired) electrons. The zero-order chi connectivity index (χ0) is 16.4. The van der Waals surface area contributed by atoms with Crippen LogP contribution in [0.15, 0.2) is 33.2 Å². The third-order valence-electron chi connectivity index (χ3n) is 3.36.